The van der Waals surface area contributed by atoms with Gasteiger partial charge in [0.05, 0.1) is 28.1 Å². The lowest BCUT2D eigenvalue weighted by molar-refractivity contribution is 0.996. The van der Waals surface area contributed by atoms with Gasteiger partial charge < -0.3 is 0 Å². The van der Waals surface area contributed by atoms with Gasteiger partial charge in [0.15, 0.2) is 4.80 Å². The molecule has 4 heteroatoms. The van der Waals surface area contributed by atoms with E-state index in [9.17, 15) is 0 Å². The van der Waals surface area contributed by atoms with Crippen molar-refractivity contribution < 1.29 is 0 Å². The summed E-state index contributed by atoms with van der Waals surface area (Å²) in [4.78, 5) is 11.2. The van der Waals surface area contributed by atoms with Crippen LogP contribution in [0.25, 0.3) is 38.8 Å². The molecule has 6 rings (SSSR count). The molecule has 0 radical (unpaired) electrons. The zero-order valence-corrected chi connectivity index (χ0v) is 20.8. The smallest absolute Gasteiger partial charge is 0.195 e. The Labute approximate surface area is 208 Å². The molecule has 0 amide bonds. The van der Waals surface area contributed by atoms with Crippen molar-refractivity contribution in [1.82, 2.24) is 9.55 Å². The van der Waals surface area contributed by atoms with Crippen LogP contribution in [0.4, 0.5) is 5.69 Å². The summed E-state index contributed by atoms with van der Waals surface area (Å²) >= 11 is 1.67. The average Bonchev–Trinajstić information content (AvgIpc) is 3.30. The Morgan fingerprint density at radius 1 is 0.743 bits per heavy atom. The maximum atomic E-state index is 5.37. The molecular formula is C31H25N3S. The van der Waals surface area contributed by atoms with Gasteiger partial charge in [-0.1, -0.05) is 72.3 Å². The third-order valence-electron chi connectivity index (χ3n) is 6.61. The number of rotatable bonds is 3. The summed E-state index contributed by atoms with van der Waals surface area (Å²) in [5.41, 5.74) is 10.1. The van der Waals surface area contributed by atoms with Crippen molar-refractivity contribution in [3.63, 3.8) is 0 Å². The minimum atomic E-state index is 0.941. The van der Waals surface area contributed by atoms with Crippen molar-refractivity contribution in [2.75, 3.05) is 0 Å². The van der Waals surface area contributed by atoms with Crippen LogP contribution in [0.15, 0.2) is 101 Å². The van der Waals surface area contributed by atoms with E-state index >= 15 is 0 Å². The molecule has 35 heavy (non-hydrogen) atoms. The zero-order valence-electron chi connectivity index (χ0n) is 20.0. The molecule has 2 heterocycles. The number of aryl methyl sites for hydroxylation is 2. The van der Waals surface area contributed by atoms with Crippen LogP contribution in [0.1, 0.15) is 16.7 Å². The number of para-hydroxylation sites is 1. The highest BCUT2D eigenvalue weighted by Crippen LogP contribution is 2.34. The molecule has 0 atom stereocenters. The molecule has 0 saturated carbocycles. The molecule has 0 bridgehead atoms. The normalized spacial score (nSPS) is 12.0. The highest BCUT2D eigenvalue weighted by molar-refractivity contribution is 7.07. The SMILES string of the molecule is Cc1ccc2nc3ccccc3c(N=c3scc(-c4ccccc4)n3-c3cccc(C)c3C)c2c1. The Hall–Kier alpha value is -4.02. The number of pyridine rings is 1. The second-order valence-electron chi connectivity index (χ2n) is 8.93. The molecule has 0 N–H and O–H groups in total. The lowest BCUT2D eigenvalue weighted by Gasteiger charge is -2.14. The van der Waals surface area contributed by atoms with Crippen LogP contribution < -0.4 is 4.80 Å². The standard InChI is InChI=1S/C31H25N3S/c1-20-16-17-27-25(18-20)30(24-13-7-8-14-26(24)32-27)33-31-34(28-15-9-10-21(2)22(28)3)29(19-35-31)23-11-5-4-6-12-23/h4-19H,1-3H3. The van der Waals surface area contributed by atoms with Gasteiger partial charge in [-0.25, -0.2) is 9.98 Å². The van der Waals surface area contributed by atoms with E-state index in [1.807, 2.05) is 6.07 Å². The molecule has 0 aliphatic rings. The molecule has 0 spiro atoms. The van der Waals surface area contributed by atoms with Crippen molar-refractivity contribution >= 4 is 38.8 Å². The van der Waals surface area contributed by atoms with Gasteiger partial charge in [-0.15, -0.1) is 11.3 Å². The molecule has 0 unspecified atom stereocenters. The maximum Gasteiger partial charge on any atom is 0.195 e. The van der Waals surface area contributed by atoms with E-state index in [2.05, 4.69) is 116 Å². The lowest BCUT2D eigenvalue weighted by Crippen LogP contribution is -2.15. The van der Waals surface area contributed by atoms with Gasteiger partial charge in [0.2, 0.25) is 0 Å². The van der Waals surface area contributed by atoms with Crippen LogP contribution in [0.2, 0.25) is 0 Å². The number of nitrogens with zero attached hydrogens (tertiary/aromatic N) is 3. The number of thiazole rings is 1. The van der Waals surface area contributed by atoms with Crippen molar-refractivity contribution in [2.45, 2.75) is 20.8 Å². The zero-order chi connectivity index (χ0) is 23.9. The van der Waals surface area contributed by atoms with Crippen LogP contribution in [0, 0.1) is 20.8 Å². The minimum Gasteiger partial charge on any atom is -0.285 e. The quantitative estimate of drug-likeness (QED) is 0.240. The topological polar surface area (TPSA) is 30.2 Å². The second kappa shape index (κ2) is 8.64. The van der Waals surface area contributed by atoms with Crippen LogP contribution in [0.3, 0.4) is 0 Å². The Kier molecular flexibility index (Phi) is 5.31. The molecule has 0 aliphatic heterocycles. The van der Waals surface area contributed by atoms with Crippen molar-refractivity contribution in [1.29, 1.82) is 0 Å². The van der Waals surface area contributed by atoms with E-state index < -0.39 is 0 Å². The van der Waals surface area contributed by atoms with E-state index in [1.54, 1.807) is 11.3 Å². The summed E-state index contributed by atoms with van der Waals surface area (Å²) in [7, 11) is 0. The van der Waals surface area contributed by atoms with Crippen LogP contribution >= 0.6 is 11.3 Å². The molecule has 0 saturated heterocycles. The first kappa shape index (κ1) is 21.5. The fourth-order valence-corrected chi connectivity index (χ4v) is 5.51. The second-order valence-corrected chi connectivity index (χ2v) is 9.77. The first-order chi connectivity index (χ1) is 17.1. The summed E-state index contributed by atoms with van der Waals surface area (Å²) in [5.74, 6) is 0. The van der Waals surface area contributed by atoms with Crippen molar-refractivity contribution in [3.05, 3.63) is 118 Å². The van der Waals surface area contributed by atoms with E-state index in [0.29, 0.717) is 0 Å². The van der Waals surface area contributed by atoms with Gasteiger partial charge in [0.1, 0.15) is 0 Å². The van der Waals surface area contributed by atoms with Crippen LogP contribution in [0.5, 0.6) is 0 Å². The first-order valence-electron chi connectivity index (χ1n) is 11.8. The highest BCUT2D eigenvalue weighted by atomic mass is 32.1. The fraction of sp³-hybridized carbons (Fsp3) is 0.0968. The minimum absolute atomic E-state index is 0.941. The largest absolute Gasteiger partial charge is 0.285 e. The summed E-state index contributed by atoms with van der Waals surface area (Å²) in [6.45, 7) is 6.47. The Morgan fingerprint density at radius 2 is 1.51 bits per heavy atom. The molecule has 0 aliphatic carbocycles. The number of aromatic nitrogens is 2. The summed E-state index contributed by atoms with van der Waals surface area (Å²) in [6.07, 6.45) is 0. The van der Waals surface area contributed by atoms with E-state index in [1.165, 1.54) is 22.3 Å². The Balaban J connectivity index is 1.74. The lowest BCUT2D eigenvalue weighted by atomic mass is 10.1. The molecule has 2 aromatic heterocycles. The van der Waals surface area contributed by atoms with E-state index in [4.69, 9.17) is 9.98 Å². The molecule has 3 nitrogen and oxygen atoms in total. The van der Waals surface area contributed by atoms with E-state index in [0.717, 1.165) is 43.7 Å². The third-order valence-corrected chi connectivity index (χ3v) is 7.44. The Morgan fingerprint density at radius 3 is 2.37 bits per heavy atom. The van der Waals surface area contributed by atoms with Crippen molar-refractivity contribution in [3.8, 4) is 16.9 Å². The number of hydrogen-bond donors (Lipinski definition) is 0. The fourth-order valence-electron chi connectivity index (χ4n) is 4.61. The van der Waals surface area contributed by atoms with Gasteiger partial charge in [-0.2, -0.15) is 0 Å². The molecule has 6 aromatic rings. The van der Waals surface area contributed by atoms with Gasteiger partial charge in [0, 0.05) is 16.2 Å². The monoisotopic (exact) mass is 471 g/mol. The van der Waals surface area contributed by atoms with Crippen molar-refractivity contribution in [2.24, 2.45) is 4.99 Å². The first-order valence-corrected chi connectivity index (χ1v) is 12.6. The summed E-state index contributed by atoms with van der Waals surface area (Å²) in [6, 6.07) is 31.7. The molecular weight excluding hydrogens is 446 g/mol. The van der Waals surface area contributed by atoms with Crippen LogP contribution in [-0.2, 0) is 0 Å². The maximum absolute atomic E-state index is 5.37. The predicted octanol–water partition coefficient (Wildman–Crippen LogP) is 8.06. The number of fused-ring (bicyclic) bond motifs is 2. The summed E-state index contributed by atoms with van der Waals surface area (Å²) < 4.78 is 2.30. The molecule has 4 aromatic carbocycles. The number of benzene rings is 4. The van der Waals surface area contributed by atoms with E-state index in [-0.39, 0.29) is 0 Å². The van der Waals surface area contributed by atoms with Gasteiger partial charge >= 0.3 is 0 Å². The molecule has 170 valence electrons. The van der Waals surface area contributed by atoms with Gasteiger partial charge in [0.25, 0.3) is 0 Å². The highest BCUT2D eigenvalue weighted by Gasteiger charge is 2.15. The average molecular weight is 472 g/mol. The van der Waals surface area contributed by atoms with Gasteiger partial charge in [-0.05, 0) is 61.7 Å². The molecule has 0 fully saturated rings. The Bertz CT molecular complexity index is 1780. The van der Waals surface area contributed by atoms with Gasteiger partial charge in [-0.3, -0.25) is 4.57 Å². The summed E-state index contributed by atoms with van der Waals surface area (Å²) in [5, 5.41) is 4.35. The number of hydrogen-bond acceptors (Lipinski definition) is 3. The van der Waals surface area contributed by atoms with Crippen LogP contribution in [-0.4, -0.2) is 9.55 Å². The predicted molar refractivity (Wildman–Crippen MR) is 148 cm³/mol. The third kappa shape index (κ3) is 3.76.